The van der Waals surface area contributed by atoms with Gasteiger partial charge in [-0.15, -0.1) is 0 Å². The normalized spacial score (nSPS) is 13.4. The van der Waals surface area contributed by atoms with Gasteiger partial charge in [-0.1, -0.05) is 0 Å². The molecule has 0 aliphatic heterocycles. The lowest BCUT2D eigenvalue weighted by Gasteiger charge is -2.21. The van der Waals surface area contributed by atoms with Crippen molar-refractivity contribution in [3.05, 3.63) is 11.4 Å². The van der Waals surface area contributed by atoms with E-state index < -0.39 is 6.49 Å². The Bertz CT molecular complexity index is 293. The van der Waals surface area contributed by atoms with Gasteiger partial charge in [-0.25, -0.2) is 0 Å². The van der Waals surface area contributed by atoms with E-state index in [2.05, 4.69) is 5.10 Å². The van der Waals surface area contributed by atoms with E-state index >= 15 is 0 Å². The SMILES string of the molecule is CCOP(=S)(OCC)/C(C)=C/C=N/N(C)C. The van der Waals surface area contributed by atoms with Gasteiger partial charge in [0.15, 0.2) is 0 Å². The lowest BCUT2D eigenvalue weighted by atomic mass is 10.6. The summed E-state index contributed by atoms with van der Waals surface area (Å²) in [7, 11) is 3.72. The zero-order valence-corrected chi connectivity index (χ0v) is 12.3. The summed E-state index contributed by atoms with van der Waals surface area (Å²) in [4.78, 5) is 0. The minimum Gasteiger partial charge on any atom is -0.327 e. The van der Waals surface area contributed by atoms with Crippen LogP contribution < -0.4 is 0 Å². The van der Waals surface area contributed by atoms with E-state index in [1.54, 1.807) is 11.2 Å². The van der Waals surface area contributed by atoms with Gasteiger partial charge in [0.1, 0.15) is 0 Å². The third-order valence-electron chi connectivity index (χ3n) is 1.64. The average Bonchev–Trinajstić information content (AvgIpc) is 2.17. The maximum atomic E-state index is 5.55. The molecule has 0 aliphatic rings. The summed E-state index contributed by atoms with van der Waals surface area (Å²) in [5.74, 6) is 0. The van der Waals surface area contributed by atoms with Gasteiger partial charge < -0.3 is 14.1 Å². The molecule has 0 rings (SSSR count). The number of hydrazone groups is 1. The molecule has 6 heteroatoms. The quantitative estimate of drug-likeness (QED) is 0.402. The molecule has 16 heavy (non-hydrogen) atoms. The van der Waals surface area contributed by atoms with E-state index in [1.807, 2.05) is 40.9 Å². The van der Waals surface area contributed by atoms with Crippen molar-refractivity contribution < 1.29 is 9.05 Å². The molecule has 0 N–H and O–H groups in total. The van der Waals surface area contributed by atoms with Gasteiger partial charge in [0.25, 0.3) is 0 Å². The molecule has 0 aromatic carbocycles. The van der Waals surface area contributed by atoms with E-state index in [4.69, 9.17) is 20.9 Å². The molecule has 0 unspecified atom stereocenters. The predicted molar refractivity (Wildman–Crippen MR) is 73.5 cm³/mol. The Morgan fingerprint density at radius 1 is 1.31 bits per heavy atom. The summed E-state index contributed by atoms with van der Waals surface area (Å²) >= 11 is 5.42. The molecule has 0 heterocycles. The Kier molecular flexibility index (Phi) is 7.85. The molecule has 0 saturated carbocycles. The summed E-state index contributed by atoms with van der Waals surface area (Å²) < 4.78 is 11.1. The van der Waals surface area contributed by atoms with E-state index in [0.29, 0.717) is 13.2 Å². The number of nitrogens with zero attached hydrogens (tertiary/aromatic N) is 2. The Morgan fingerprint density at radius 3 is 2.19 bits per heavy atom. The third-order valence-corrected chi connectivity index (χ3v) is 5.35. The van der Waals surface area contributed by atoms with Crippen molar-refractivity contribution in [1.82, 2.24) is 5.01 Å². The first kappa shape index (κ1) is 15.8. The molecule has 4 nitrogen and oxygen atoms in total. The Morgan fingerprint density at radius 2 is 1.81 bits per heavy atom. The van der Waals surface area contributed by atoms with Crippen LogP contribution in [-0.4, -0.2) is 38.5 Å². The fourth-order valence-corrected chi connectivity index (χ4v) is 3.17. The predicted octanol–water partition coefficient (Wildman–Crippen LogP) is 2.82. The van der Waals surface area contributed by atoms with E-state index in [0.717, 1.165) is 5.31 Å². The molecular weight excluding hydrogens is 243 g/mol. The standard InChI is InChI=1S/C10H21N2O2PS/c1-6-13-15(16,14-7-2)10(3)8-9-11-12(4)5/h8-9H,6-7H2,1-5H3/b10-8+,11-9+. The summed E-state index contributed by atoms with van der Waals surface area (Å²) in [5, 5.41) is 6.74. The van der Waals surface area contributed by atoms with Gasteiger partial charge >= 0.3 is 0 Å². The van der Waals surface area contributed by atoms with Crippen molar-refractivity contribution in [1.29, 1.82) is 0 Å². The first-order valence-electron chi connectivity index (χ1n) is 5.24. The van der Waals surface area contributed by atoms with Crippen molar-refractivity contribution in [3.63, 3.8) is 0 Å². The third kappa shape index (κ3) is 5.75. The van der Waals surface area contributed by atoms with Gasteiger partial charge in [-0.3, -0.25) is 0 Å². The maximum Gasteiger partial charge on any atom is 0.215 e. The minimum atomic E-state index is -2.29. The molecule has 0 bridgehead atoms. The molecular formula is C10H21N2O2PS. The van der Waals surface area contributed by atoms with E-state index in [9.17, 15) is 0 Å². The largest absolute Gasteiger partial charge is 0.327 e. The van der Waals surface area contributed by atoms with E-state index in [-0.39, 0.29) is 0 Å². The zero-order chi connectivity index (χ0) is 12.6. The fourth-order valence-electron chi connectivity index (χ4n) is 0.947. The lowest BCUT2D eigenvalue weighted by Crippen LogP contribution is -2.01. The smallest absolute Gasteiger partial charge is 0.215 e. The van der Waals surface area contributed by atoms with Gasteiger partial charge in [0.05, 0.1) is 13.2 Å². The molecule has 0 saturated heterocycles. The highest BCUT2D eigenvalue weighted by Crippen LogP contribution is 2.55. The number of allylic oxidation sites excluding steroid dienone is 2. The molecule has 0 aromatic rings. The molecule has 0 atom stereocenters. The highest BCUT2D eigenvalue weighted by molar-refractivity contribution is 8.11. The van der Waals surface area contributed by atoms with Crippen LogP contribution >= 0.6 is 6.49 Å². The molecule has 94 valence electrons. The topological polar surface area (TPSA) is 34.1 Å². The highest BCUT2D eigenvalue weighted by Gasteiger charge is 2.19. The van der Waals surface area contributed by atoms with Crippen LogP contribution in [0.1, 0.15) is 20.8 Å². The number of hydrogen-bond donors (Lipinski definition) is 0. The monoisotopic (exact) mass is 264 g/mol. The molecule has 0 aliphatic carbocycles. The van der Waals surface area contributed by atoms with E-state index in [1.165, 1.54) is 0 Å². The van der Waals surface area contributed by atoms with Crippen LogP contribution in [0.25, 0.3) is 0 Å². The Labute approximate surface area is 103 Å². The van der Waals surface area contributed by atoms with Crippen LogP contribution in [0.15, 0.2) is 16.5 Å². The molecule has 0 radical (unpaired) electrons. The van der Waals surface area contributed by atoms with Crippen molar-refractivity contribution in [3.8, 4) is 0 Å². The minimum absolute atomic E-state index is 0.563. The highest BCUT2D eigenvalue weighted by atomic mass is 32.5. The first-order chi connectivity index (χ1) is 7.46. The average molecular weight is 264 g/mol. The second kappa shape index (κ2) is 7.96. The van der Waals surface area contributed by atoms with Crippen LogP contribution in [0.3, 0.4) is 0 Å². The zero-order valence-electron chi connectivity index (χ0n) is 10.6. The van der Waals surface area contributed by atoms with Crippen LogP contribution in [-0.2, 0) is 20.9 Å². The summed E-state index contributed by atoms with van der Waals surface area (Å²) in [6.07, 6.45) is 3.56. The lowest BCUT2D eigenvalue weighted by molar-refractivity contribution is 0.272. The van der Waals surface area contributed by atoms with Crippen LogP contribution in [0.2, 0.25) is 0 Å². The van der Waals surface area contributed by atoms with Gasteiger partial charge in [0.2, 0.25) is 6.49 Å². The Balaban J connectivity index is 4.73. The van der Waals surface area contributed by atoms with Gasteiger partial charge in [-0.05, 0) is 38.7 Å². The number of rotatable bonds is 7. The van der Waals surface area contributed by atoms with Gasteiger partial charge in [0, 0.05) is 25.6 Å². The van der Waals surface area contributed by atoms with Crippen LogP contribution in [0.5, 0.6) is 0 Å². The van der Waals surface area contributed by atoms with Gasteiger partial charge in [-0.2, -0.15) is 5.10 Å². The fraction of sp³-hybridized carbons (Fsp3) is 0.700. The molecule has 0 aromatic heterocycles. The number of hydrogen-bond acceptors (Lipinski definition) is 5. The molecule has 0 spiro atoms. The molecule has 0 amide bonds. The second-order valence-electron chi connectivity index (χ2n) is 3.25. The van der Waals surface area contributed by atoms with Crippen molar-refractivity contribution in [2.75, 3.05) is 27.3 Å². The van der Waals surface area contributed by atoms with Crippen LogP contribution in [0.4, 0.5) is 0 Å². The summed E-state index contributed by atoms with van der Waals surface area (Å²) in [6, 6.07) is 0. The second-order valence-corrected chi connectivity index (χ2v) is 6.91. The van der Waals surface area contributed by atoms with Crippen molar-refractivity contribution in [2.24, 2.45) is 5.10 Å². The maximum absolute atomic E-state index is 5.55. The van der Waals surface area contributed by atoms with Crippen molar-refractivity contribution in [2.45, 2.75) is 20.8 Å². The molecule has 0 fully saturated rings. The Hall–Kier alpha value is -0.220. The first-order valence-corrected chi connectivity index (χ1v) is 7.88. The van der Waals surface area contributed by atoms with Crippen LogP contribution in [0, 0.1) is 0 Å². The summed E-state index contributed by atoms with van der Waals surface area (Å²) in [5.41, 5.74) is 0. The van der Waals surface area contributed by atoms with Crippen molar-refractivity contribution >= 4 is 24.5 Å². The summed E-state index contributed by atoms with van der Waals surface area (Å²) in [6.45, 7) is 4.60.